The lowest BCUT2D eigenvalue weighted by atomic mass is 10.0. The normalized spacial score (nSPS) is 15.3. The van der Waals surface area contributed by atoms with Crippen LogP contribution >= 0.6 is 0 Å². The first kappa shape index (κ1) is 37.6. The number of carbonyl (C=O) groups is 4. The predicted molar refractivity (Wildman–Crippen MR) is 193 cm³/mol. The number of imidazole rings is 1. The van der Waals surface area contributed by atoms with Crippen LogP contribution in [0, 0.1) is 0 Å². The average molecular weight is 716 g/mol. The number of rotatable bonds is 5. The number of para-hydroxylation sites is 1. The fraction of sp³-hybridized carbons (Fsp3) is 0.421. The molecule has 14 nitrogen and oxygen atoms in total. The molecule has 0 N–H and O–H groups in total. The van der Waals surface area contributed by atoms with Gasteiger partial charge in [0.25, 0.3) is 0 Å². The SMILES string of the molecule is CC(C)(C)OC(=O)N1C[C@H](n2c(=O)n(-c3ccc(Oc4ccccc4)cc3)c3c(N(C(=O)OC(C)(C)C)C(=O)OC(C)(C)C)nccc32)CCC1=O. The maximum Gasteiger partial charge on any atom is 0.425 e. The summed E-state index contributed by atoms with van der Waals surface area (Å²) in [4.78, 5) is 74.5. The second-order valence-electron chi connectivity index (χ2n) is 15.4. The molecule has 0 radical (unpaired) electrons. The number of amides is 4. The van der Waals surface area contributed by atoms with Gasteiger partial charge in [0.05, 0.1) is 23.8 Å². The van der Waals surface area contributed by atoms with Gasteiger partial charge in [-0.3, -0.25) is 13.9 Å². The van der Waals surface area contributed by atoms with E-state index in [9.17, 15) is 24.0 Å². The highest BCUT2D eigenvalue weighted by molar-refractivity contribution is 6.13. The molecule has 5 rings (SSSR count). The third-order valence-corrected chi connectivity index (χ3v) is 7.57. The lowest BCUT2D eigenvalue weighted by molar-refractivity contribution is -0.133. The van der Waals surface area contributed by atoms with Crippen LogP contribution in [0.15, 0.2) is 71.7 Å². The molecule has 4 amide bonds. The third-order valence-electron chi connectivity index (χ3n) is 7.57. The summed E-state index contributed by atoms with van der Waals surface area (Å²) in [6, 6.07) is 16.7. The van der Waals surface area contributed by atoms with Gasteiger partial charge >= 0.3 is 24.0 Å². The van der Waals surface area contributed by atoms with E-state index in [1.807, 2.05) is 18.2 Å². The molecule has 2 aromatic heterocycles. The standard InChI is InChI=1S/C38H45N5O9/c1-36(2,3)50-33(46)40-23-25(17-20-29(40)44)41-28-21-22-39-31(43(34(47)51-37(4,5)6)35(48)52-38(7,8)9)30(28)42(32(41)45)24-15-18-27(19-16-24)49-26-13-11-10-12-14-26/h10-16,18-19,21-22,25H,17,20,23H2,1-9H3/t25-/m1/s1. The summed E-state index contributed by atoms with van der Waals surface area (Å²) in [5.74, 6) is 0.451. The van der Waals surface area contributed by atoms with Crippen LogP contribution in [-0.4, -0.2) is 66.6 Å². The van der Waals surface area contributed by atoms with Gasteiger partial charge in [-0.2, -0.15) is 4.90 Å². The summed E-state index contributed by atoms with van der Waals surface area (Å²) < 4.78 is 25.5. The Hall–Kier alpha value is -5.66. The maximum absolute atomic E-state index is 14.7. The number of benzene rings is 2. The van der Waals surface area contributed by atoms with Crippen molar-refractivity contribution in [3.8, 4) is 17.2 Å². The van der Waals surface area contributed by atoms with Gasteiger partial charge in [0.2, 0.25) is 5.91 Å². The van der Waals surface area contributed by atoms with Crippen molar-refractivity contribution in [3.05, 3.63) is 77.3 Å². The number of hydrogen-bond acceptors (Lipinski definition) is 10. The molecule has 276 valence electrons. The van der Waals surface area contributed by atoms with Gasteiger partial charge in [0.1, 0.15) is 33.8 Å². The Kier molecular flexibility index (Phi) is 10.2. The number of piperidine rings is 1. The van der Waals surface area contributed by atoms with E-state index >= 15 is 0 Å². The molecule has 0 spiro atoms. The smallest absolute Gasteiger partial charge is 0.425 e. The number of ether oxygens (including phenoxy) is 4. The average Bonchev–Trinajstić information content (AvgIpc) is 3.32. The number of nitrogens with zero attached hydrogens (tertiary/aromatic N) is 5. The molecule has 2 aromatic carbocycles. The Balaban J connectivity index is 1.71. The van der Waals surface area contributed by atoms with Crippen LogP contribution in [0.1, 0.15) is 81.2 Å². The van der Waals surface area contributed by atoms with Crippen LogP contribution in [-0.2, 0) is 19.0 Å². The predicted octanol–water partition coefficient (Wildman–Crippen LogP) is 7.75. The van der Waals surface area contributed by atoms with Gasteiger partial charge in [-0.15, -0.1) is 0 Å². The largest absolute Gasteiger partial charge is 0.457 e. The van der Waals surface area contributed by atoms with E-state index in [0.29, 0.717) is 22.1 Å². The minimum atomic E-state index is -1.07. The van der Waals surface area contributed by atoms with Crippen molar-refractivity contribution >= 4 is 41.0 Å². The van der Waals surface area contributed by atoms with Crippen molar-refractivity contribution in [3.63, 3.8) is 0 Å². The molecule has 52 heavy (non-hydrogen) atoms. The zero-order chi connectivity index (χ0) is 38.2. The van der Waals surface area contributed by atoms with Crippen molar-refractivity contribution < 1.29 is 38.1 Å². The molecule has 1 saturated heterocycles. The quantitative estimate of drug-likeness (QED) is 0.188. The Morgan fingerprint density at radius 2 is 1.31 bits per heavy atom. The van der Waals surface area contributed by atoms with Gasteiger partial charge < -0.3 is 18.9 Å². The fourth-order valence-corrected chi connectivity index (χ4v) is 5.59. The van der Waals surface area contributed by atoms with Gasteiger partial charge in [-0.25, -0.2) is 29.1 Å². The second kappa shape index (κ2) is 14.2. The van der Waals surface area contributed by atoms with Crippen LogP contribution in [0.2, 0.25) is 0 Å². The van der Waals surface area contributed by atoms with Gasteiger partial charge in [-0.05, 0) is 111 Å². The molecule has 0 saturated carbocycles. The van der Waals surface area contributed by atoms with E-state index in [-0.39, 0.29) is 36.2 Å². The van der Waals surface area contributed by atoms with Crippen molar-refractivity contribution in [2.45, 2.75) is 98.0 Å². The molecule has 0 aliphatic carbocycles. The molecular weight excluding hydrogens is 670 g/mol. The number of imide groups is 2. The molecule has 1 aliphatic heterocycles. The van der Waals surface area contributed by atoms with E-state index in [1.165, 1.54) is 15.3 Å². The number of anilines is 1. The van der Waals surface area contributed by atoms with E-state index < -0.39 is 52.7 Å². The number of hydrogen-bond donors (Lipinski definition) is 0. The lowest BCUT2D eigenvalue weighted by Gasteiger charge is -2.33. The van der Waals surface area contributed by atoms with E-state index in [2.05, 4.69) is 4.98 Å². The molecule has 1 aliphatic rings. The van der Waals surface area contributed by atoms with Crippen molar-refractivity contribution in [2.24, 2.45) is 0 Å². The zero-order valence-electron chi connectivity index (χ0n) is 31.0. The summed E-state index contributed by atoms with van der Waals surface area (Å²) in [5, 5.41) is 0. The van der Waals surface area contributed by atoms with Gasteiger partial charge in [0.15, 0.2) is 5.82 Å². The summed E-state index contributed by atoms with van der Waals surface area (Å²) in [6.45, 7) is 14.8. The topological polar surface area (TPSA) is 152 Å². The van der Waals surface area contributed by atoms with Crippen LogP contribution in [0.25, 0.3) is 16.7 Å². The highest BCUT2D eigenvalue weighted by Gasteiger charge is 2.39. The molecule has 4 aromatic rings. The number of pyridine rings is 1. The molecule has 1 fully saturated rings. The minimum absolute atomic E-state index is 0.0333. The number of fused-ring (bicyclic) bond motifs is 1. The lowest BCUT2D eigenvalue weighted by Crippen LogP contribution is -2.48. The van der Waals surface area contributed by atoms with Crippen LogP contribution in [0.3, 0.4) is 0 Å². The summed E-state index contributed by atoms with van der Waals surface area (Å²) >= 11 is 0. The van der Waals surface area contributed by atoms with Crippen LogP contribution < -0.4 is 15.3 Å². The molecule has 14 heteroatoms. The Labute approximate surface area is 301 Å². The van der Waals surface area contributed by atoms with Gasteiger partial charge in [-0.1, -0.05) is 18.2 Å². The van der Waals surface area contributed by atoms with E-state index in [4.69, 9.17) is 18.9 Å². The Morgan fingerprint density at radius 3 is 1.87 bits per heavy atom. The van der Waals surface area contributed by atoms with Crippen molar-refractivity contribution in [1.82, 2.24) is 19.0 Å². The van der Waals surface area contributed by atoms with E-state index in [1.54, 1.807) is 105 Å². The van der Waals surface area contributed by atoms with Crippen molar-refractivity contribution in [1.29, 1.82) is 0 Å². The first-order chi connectivity index (χ1) is 24.2. The molecule has 1 atom stereocenters. The number of likely N-dealkylation sites (tertiary alicyclic amines) is 1. The van der Waals surface area contributed by atoms with Crippen LogP contribution in [0.4, 0.5) is 20.2 Å². The molecular formula is C38H45N5O9. The fourth-order valence-electron chi connectivity index (χ4n) is 5.59. The first-order valence-corrected chi connectivity index (χ1v) is 17.0. The van der Waals surface area contributed by atoms with Gasteiger partial charge in [0, 0.05) is 12.6 Å². The first-order valence-electron chi connectivity index (χ1n) is 17.0. The molecule has 3 heterocycles. The summed E-state index contributed by atoms with van der Waals surface area (Å²) in [7, 11) is 0. The monoisotopic (exact) mass is 715 g/mol. The number of aromatic nitrogens is 3. The minimum Gasteiger partial charge on any atom is -0.457 e. The van der Waals surface area contributed by atoms with E-state index in [0.717, 1.165) is 4.90 Å². The zero-order valence-corrected chi connectivity index (χ0v) is 31.0. The molecule has 0 bridgehead atoms. The second-order valence-corrected chi connectivity index (χ2v) is 15.4. The number of carbonyl (C=O) groups excluding carboxylic acids is 4. The Bertz CT molecular complexity index is 2000. The Morgan fingerprint density at radius 1 is 0.750 bits per heavy atom. The van der Waals surface area contributed by atoms with Crippen LogP contribution in [0.5, 0.6) is 11.5 Å². The van der Waals surface area contributed by atoms with Crippen molar-refractivity contribution in [2.75, 3.05) is 11.4 Å². The molecule has 0 unspecified atom stereocenters. The third kappa shape index (κ3) is 8.61. The maximum atomic E-state index is 14.7. The summed E-state index contributed by atoms with van der Waals surface area (Å²) in [6.07, 6.45) is -1.42. The summed E-state index contributed by atoms with van der Waals surface area (Å²) in [5.41, 5.74) is -2.73. The highest BCUT2D eigenvalue weighted by atomic mass is 16.6. The highest BCUT2D eigenvalue weighted by Crippen LogP contribution is 2.34.